The number of carbonyl (C=O) groups is 2. The number of hydrogen-bond acceptors (Lipinski definition) is 8. The normalized spacial score (nSPS) is 19.2. The van der Waals surface area contributed by atoms with E-state index in [9.17, 15) is 14.0 Å². The minimum absolute atomic E-state index is 0.0636. The van der Waals surface area contributed by atoms with Gasteiger partial charge in [-0.25, -0.2) is 8.78 Å². The predicted molar refractivity (Wildman–Crippen MR) is 174 cm³/mol. The molecule has 3 aromatic carbocycles. The van der Waals surface area contributed by atoms with Crippen molar-refractivity contribution in [3.63, 3.8) is 0 Å². The van der Waals surface area contributed by atoms with Crippen molar-refractivity contribution in [3.05, 3.63) is 78.5 Å². The van der Waals surface area contributed by atoms with E-state index in [0.29, 0.717) is 46.9 Å². The second-order valence-electron chi connectivity index (χ2n) is 11.9. The van der Waals surface area contributed by atoms with Gasteiger partial charge in [-0.2, -0.15) is 0 Å². The minimum Gasteiger partial charge on any atom is -0.493 e. The molecule has 2 fully saturated rings. The van der Waals surface area contributed by atoms with Crippen LogP contribution in [-0.4, -0.2) is 68.1 Å². The molecule has 1 saturated heterocycles. The smallest absolute Gasteiger partial charge is 0.240 e. The molecule has 1 aliphatic carbocycles. The number of methoxy groups -OCH3 is 1. The summed E-state index contributed by atoms with van der Waals surface area (Å²) in [5.74, 6) is -1.07. The molecular weight excluding hydrogens is 608 g/mol. The van der Waals surface area contributed by atoms with Gasteiger partial charge in [-0.15, -0.1) is 0 Å². The summed E-state index contributed by atoms with van der Waals surface area (Å²) in [6, 6.07) is 14.5. The molecule has 12 heteroatoms. The number of rotatable bonds is 12. The molecule has 246 valence electrons. The average molecular weight is 646 g/mol. The van der Waals surface area contributed by atoms with Crippen LogP contribution in [0.15, 0.2) is 66.9 Å². The second kappa shape index (κ2) is 13.9. The van der Waals surface area contributed by atoms with E-state index in [2.05, 4.69) is 25.8 Å². The number of hydrogen-bond donors (Lipinski definition) is 3. The molecule has 2 heterocycles. The Morgan fingerprint density at radius 2 is 1.64 bits per heavy atom. The van der Waals surface area contributed by atoms with Crippen molar-refractivity contribution in [1.82, 2.24) is 15.2 Å². The number of benzene rings is 3. The third kappa shape index (κ3) is 7.13. The van der Waals surface area contributed by atoms with Gasteiger partial charge in [-0.3, -0.25) is 14.6 Å². The summed E-state index contributed by atoms with van der Waals surface area (Å²) in [4.78, 5) is 33.2. The fourth-order valence-corrected chi connectivity index (χ4v) is 5.85. The predicted octanol–water partition coefficient (Wildman–Crippen LogP) is 5.59. The monoisotopic (exact) mass is 645 g/mol. The van der Waals surface area contributed by atoms with Crippen molar-refractivity contribution in [3.8, 4) is 23.0 Å². The number of aromatic nitrogens is 1. The summed E-state index contributed by atoms with van der Waals surface area (Å²) >= 11 is 0. The number of nitrogens with one attached hydrogen (secondary N) is 3. The van der Waals surface area contributed by atoms with Crippen LogP contribution in [0.2, 0.25) is 0 Å². The lowest BCUT2D eigenvalue weighted by Gasteiger charge is -2.27. The first-order valence-corrected chi connectivity index (χ1v) is 15.7. The molecule has 47 heavy (non-hydrogen) atoms. The minimum atomic E-state index is -1.32. The van der Waals surface area contributed by atoms with Crippen LogP contribution in [0.25, 0.3) is 10.9 Å². The van der Waals surface area contributed by atoms with E-state index in [1.54, 1.807) is 38.4 Å². The highest BCUT2D eigenvalue weighted by Crippen LogP contribution is 2.53. The first kappa shape index (κ1) is 32.1. The van der Waals surface area contributed by atoms with Crippen LogP contribution in [0.1, 0.15) is 19.8 Å². The third-order valence-corrected chi connectivity index (χ3v) is 8.70. The van der Waals surface area contributed by atoms with E-state index in [-0.39, 0.29) is 17.4 Å². The van der Waals surface area contributed by atoms with Crippen LogP contribution < -0.4 is 30.2 Å². The SMILES string of the molecule is COc1cc2c(Oc3ccc(NC(=O)C4(C(=O)Nc5ccc(F)cc5)C[C@H]4C)cc3F)ccnc2cc1OCCCN1CCNCC1. The van der Waals surface area contributed by atoms with E-state index in [4.69, 9.17) is 14.2 Å². The maximum absolute atomic E-state index is 15.3. The molecule has 10 nitrogen and oxygen atoms in total. The summed E-state index contributed by atoms with van der Waals surface area (Å²) in [7, 11) is 1.55. The summed E-state index contributed by atoms with van der Waals surface area (Å²) in [6.07, 6.45) is 2.77. The van der Waals surface area contributed by atoms with E-state index in [0.717, 1.165) is 45.2 Å². The average Bonchev–Trinajstić information content (AvgIpc) is 3.77. The maximum atomic E-state index is 15.3. The van der Waals surface area contributed by atoms with Crippen molar-refractivity contribution in [2.75, 3.05) is 57.1 Å². The summed E-state index contributed by atoms with van der Waals surface area (Å²) < 4.78 is 46.2. The summed E-state index contributed by atoms with van der Waals surface area (Å²) in [5.41, 5.74) is -0.176. The Hall–Kier alpha value is -4.81. The van der Waals surface area contributed by atoms with E-state index >= 15 is 4.39 Å². The molecule has 1 aromatic heterocycles. The van der Waals surface area contributed by atoms with Crippen LogP contribution in [0.3, 0.4) is 0 Å². The van der Waals surface area contributed by atoms with Gasteiger partial charge in [0.15, 0.2) is 23.1 Å². The number of halogens is 2. The molecule has 1 unspecified atom stereocenters. The van der Waals surface area contributed by atoms with Crippen molar-refractivity contribution in [2.24, 2.45) is 11.3 Å². The van der Waals surface area contributed by atoms with Crippen LogP contribution in [-0.2, 0) is 9.59 Å². The lowest BCUT2D eigenvalue weighted by molar-refractivity contribution is -0.131. The first-order valence-electron chi connectivity index (χ1n) is 15.7. The first-order chi connectivity index (χ1) is 22.8. The van der Waals surface area contributed by atoms with Gasteiger partial charge in [0.1, 0.15) is 17.0 Å². The third-order valence-electron chi connectivity index (χ3n) is 8.70. The van der Waals surface area contributed by atoms with Crippen LogP contribution >= 0.6 is 0 Å². The molecule has 2 atom stereocenters. The summed E-state index contributed by atoms with van der Waals surface area (Å²) in [6.45, 7) is 7.33. The zero-order chi connectivity index (χ0) is 33.0. The zero-order valence-electron chi connectivity index (χ0n) is 26.3. The Labute approximate surface area is 271 Å². The fourth-order valence-electron chi connectivity index (χ4n) is 5.85. The Bertz CT molecular complexity index is 1770. The number of anilines is 2. The lowest BCUT2D eigenvalue weighted by atomic mass is 10.0. The van der Waals surface area contributed by atoms with Gasteiger partial charge < -0.3 is 35.1 Å². The Morgan fingerprint density at radius 3 is 2.32 bits per heavy atom. The Kier molecular flexibility index (Phi) is 9.50. The Balaban J connectivity index is 1.11. The maximum Gasteiger partial charge on any atom is 0.240 e. The molecule has 2 aliphatic rings. The highest BCUT2D eigenvalue weighted by Gasteiger charge is 2.63. The quantitative estimate of drug-likeness (QED) is 0.135. The van der Waals surface area contributed by atoms with Gasteiger partial charge in [0.05, 0.1) is 19.2 Å². The fraction of sp³-hybridized carbons (Fsp3) is 0.343. The van der Waals surface area contributed by atoms with E-state index in [1.807, 2.05) is 0 Å². The standard InChI is InChI=1S/C35H37F2N5O5/c1-22-21-35(22,33(43)40-24-6-4-23(36)5-7-24)34(44)41-25-8-9-30(27(37)18-25)47-29-10-11-39-28-20-32(31(45-2)19-26(28)29)46-17-3-14-42-15-12-38-13-16-42/h4-11,18-20,22,38H,3,12-17,21H2,1-2H3,(H,40,43)(H,41,44)/t22-,35?/m1/s1. The number of pyridine rings is 1. The van der Waals surface area contributed by atoms with Crippen molar-refractivity contribution in [2.45, 2.75) is 19.8 Å². The number of piperazine rings is 1. The number of amides is 2. The van der Waals surface area contributed by atoms with Gasteiger partial charge in [0, 0.05) is 67.8 Å². The highest BCUT2D eigenvalue weighted by molar-refractivity contribution is 6.17. The van der Waals surface area contributed by atoms with Gasteiger partial charge in [0.2, 0.25) is 11.8 Å². The lowest BCUT2D eigenvalue weighted by Crippen LogP contribution is -2.43. The van der Waals surface area contributed by atoms with Crippen molar-refractivity contribution < 1.29 is 32.6 Å². The number of carbonyl (C=O) groups excluding carboxylic acids is 2. The van der Waals surface area contributed by atoms with Crippen LogP contribution in [0.5, 0.6) is 23.0 Å². The molecule has 0 radical (unpaired) electrons. The van der Waals surface area contributed by atoms with Gasteiger partial charge >= 0.3 is 0 Å². The van der Waals surface area contributed by atoms with E-state index in [1.165, 1.54) is 36.4 Å². The molecule has 4 aromatic rings. The molecule has 1 saturated carbocycles. The molecule has 0 bridgehead atoms. The van der Waals surface area contributed by atoms with E-state index < -0.39 is 28.9 Å². The largest absolute Gasteiger partial charge is 0.493 e. The molecule has 1 aliphatic heterocycles. The molecule has 3 N–H and O–H groups in total. The van der Waals surface area contributed by atoms with Gasteiger partial charge in [-0.1, -0.05) is 6.92 Å². The number of nitrogens with zero attached hydrogens (tertiary/aromatic N) is 2. The molecule has 2 amide bonds. The molecule has 6 rings (SSSR count). The van der Waals surface area contributed by atoms with Gasteiger partial charge in [0.25, 0.3) is 0 Å². The van der Waals surface area contributed by atoms with Crippen LogP contribution in [0.4, 0.5) is 20.2 Å². The summed E-state index contributed by atoms with van der Waals surface area (Å²) in [5, 5.41) is 9.31. The second-order valence-corrected chi connectivity index (χ2v) is 11.9. The van der Waals surface area contributed by atoms with Gasteiger partial charge in [-0.05, 0) is 67.3 Å². The Morgan fingerprint density at radius 1 is 0.936 bits per heavy atom. The van der Waals surface area contributed by atoms with Crippen molar-refractivity contribution >= 4 is 34.1 Å². The van der Waals surface area contributed by atoms with Crippen LogP contribution in [0, 0.1) is 23.0 Å². The molecular formula is C35H37F2N5O5. The topological polar surface area (TPSA) is 114 Å². The zero-order valence-corrected chi connectivity index (χ0v) is 26.3. The number of fused-ring (bicyclic) bond motifs is 1. The van der Waals surface area contributed by atoms with Crippen molar-refractivity contribution in [1.29, 1.82) is 0 Å². The molecule has 0 spiro atoms. The number of ether oxygens (including phenoxy) is 3. The highest BCUT2D eigenvalue weighted by atomic mass is 19.1.